The van der Waals surface area contributed by atoms with Crippen molar-refractivity contribution in [3.63, 3.8) is 0 Å². The van der Waals surface area contributed by atoms with Gasteiger partial charge in [0.15, 0.2) is 11.4 Å². The molecule has 9 heteroatoms. The van der Waals surface area contributed by atoms with Crippen LogP contribution in [-0.4, -0.2) is 59.4 Å². The number of rotatable bonds is 6. The molecule has 2 N–H and O–H groups in total. The highest BCUT2D eigenvalue weighted by atomic mass is 32.2. The summed E-state index contributed by atoms with van der Waals surface area (Å²) in [5, 5.41) is 0. The van der Waals surface area contributed by atoms with Crippen LogP contribution >= 0.6 is 0 Å². The Balaban J connectivity index is 1.55. The van der Waals surface area contributed by atoms with Crippen LogP contribution < -0.4 is 4.72 Å². The summed E-state index contributed by atoms with van der Waals surface area (Å²) in [5.41, 5.74) is 3.98. The first-order valence-corrected chi connectivity index (χ1v) is 12.6. The third-order valence-electron chi connectivity index (χ3n) is 5.59. The standard InChI is InChI=1S/C23H29N5O3S/c1-23(2,3)21(29)18-11-24-22-20(18)26-19(12-25-22)16-7-5-6-15(10-16)13-28-9-8-17(14-28)27-32(4,30)31/h5-7,10-12,17,27H,8-9,13-14H2,1-4H3,(H,24,25). The lowest BCUT2D eigenvalue weighted by atomic mass is 9.87. The smallest absolute Gasteiger partial charge is 0.208 e. The molecule has 0 spiro atoms. The van der Waals surface area contributed by atoms with Crippen LogP contribution in [0, 0.1) is 5.41 Å². The van der Waals surface area contributed by atoms with Gasteiger partial charge >= 0.3 is 0 Å². The fourth-order valence-electron chi connectivity index (χ4n) is 4.07. The summed E-state index contributed by atoms with van der Waals surface area (Å²) in [6.45, 7) is 7.93. The van der Waals surface area contributed by atoms with E-state index in [0.717, 1.165) is 30.6 Å². The number of carbonyl (C=O) groups is 1. The molecule has 32 heavy (non-hydrogen) atoms. The summed E-state index contributed by atoms with van der Waals surface area (Å²) in [6, 6.07) is 8.05. The molecule has 4 rings (SSSR count). The minimum Gasteiger partial charge on any atom is -0.344 e. The molecular weight excluding hydrogens is 426 g/mol. The molecule has 2 aromatic heterocycles. The van der Waals surface area contributed by atoms with E-state index in [9.17, 15) is 13.2 Å². The number of nitrogens with zero attached hydrogens (tertiary/aromatic N) is 3. The fourth-order valence-corrected chi connectivity index (χ4v) is 4.87. The van der Waals surface area contributed by atoms with E-state index in [0.29, 0.717) is 29.0 Å². The lowest BCUT2D eigenvalue weighted by Gasteiger charge is -2.17. The summed E-state index contributed by atoms with van der Waals surface area (Å²) < 4.78 is 25.7. The fraction of sp³-hybridized carbons (Fsp3) is 0.435. The topological polar surface area (TPSA) is 108 Å². The molecular formula is C23H29N5O3S. The zero-order valence-electron chi connectivity index (χ0n) is 18.8. The van der Waals surface area contributed by atoms with Gasteiger partial charge in [0.05, 0.1) is 23.7 Å². The number of nitrogens with one attached hydrogen (secondary N) is 2. The maximum Gasteiger partial charge on any atom is 0.208 e. The zero-order valence-corrected chi connectivity index (χ0v) is 19.7. The number of fused-ring (bicyclic) bond motifs is 1. The molecule has 170 valence electrons. The predicted octanol–water partition coefficient (Wildman–Crippen LogP) is 2.98. The van der Waals surface area contributed by atoms with E-state index in [2.05, 4.69) is 31.7 Å². The van der Waals surface area contributed by atoms with Gasteiger partial charge in [-0.05, 0) is 18.1 Å². The number of Topliss-reactive ketones (excluding diaryl/α,β-unsaturated/α-hetero) is 1. The molecule has 0 amide bonds. The van der Waals surface area contributed by atoms with Crippen LogP contribution in [0.3, 0.4) is 0 Å². The molecule has 8 nitrogen and oxygen atoms in total. The average Bonchev–Trinajstić information content (AvgIpc) is 3.31. The largest absolute Gasteiger partial charge is 0.344 e. The number of ketones is 1. The van der Waals surface area contributed by atoms with Gasteiger partial charge in [-0.2, -0.15) is 0 Å². The van der Waals surface area contributed by atoms with E-state index in [1.165, 1.54) is 6.26 Å². The summed E-state index contributed by atoms with van der Waals surface area (Å²) in [5.74, 6) is 0.0234. The van der Waals surface area contributed by atoms with Gasteiger partial charge in [0, 0.05) is 42.9 Å². The maximum atomic E-state index is 12.8. The lowest BCUT2D eigenvalue weighted by molar-refractivity contribution is 0.0860. The van der Waals surface area contributed by atoms with Gasteiger partial charge in [-0.15, -0.1) is 0 Å². The molecule has 0 aliphatic carbocycles. The van der Waals surface area contributed by atoms with E-state index in [-0.39, 0.29) is 11.8 Å². The van der Waals surface area contributed by atoms with Crippen LogP contribution in [0.4, 0.5) is 0 Å². The number of hydrogen-bond donors (Lipinski definition) is 2. The molecule has 1 unspecified atom stereocenters. The van der Waals surface area contributed by atoms with Crippen LogP contribution in [0.25, 0.3) is 22.4 Å². The van der Waals surface area contributed by atoms with Gasteiger partial charge in [-0.3, -0.25) is 9.69 Å². The van der Waals surface area contributed by atoms with Crippen molar-refractivity contribution in [1.82, 2.24) is 24.6 Å². The SMILES string of the molecule is CC(C)(C)C(=O)c1c[nH]c2ncc(-c3cccc(CN4CCC(NS(C)(=O)=O)C4)c3)nc12. The molecule has 0 radical (unpaired) electrons. The van der Waals surface area contributed by atoms with Gasteiger partial charge < -0.3 is 4.98 Å². The van der Waals surface area contributed by atoms with Crippen molar-refractivity contribution in [3.05, 3.63) is 47.8 Å². The first-order valence-electron chi connectivity index (χ1n) is 10.7. The maximum absolute atomic E-state index is 12.8. The van der Waals surface area contributed by atoms with Crippen molar-refractivity contribution in [2.45, 2.75) is 39.8 Å². The minimum absolute atomic E-state index is 0.0234. The summed E-state index contributed by atoms with van der Waals surface area (Å²) >= 11 is 0. The Bertz CT molecular complexity index is 1260. The monoisotopic (exact) mass is 455 g/mol. The second kappa shape index (κ2) is 8.38. The lowest BCUT2D eigenvalue weighted by Crippen LogP contribution is -2.36. The van der Waals surface area contributed by atoms with Crippen LogP contribution in [0.2, 0.25) is 0 Å². The molecule has 1 aliphatic rings. The predicted molar refractivity (Wildman–Crippen MR) is 125 cm³/mol. The van der Waals surface area contributed by atoms with E-state index in [1.54, 1.807) is 12.4 Å². The quantitative estimate of drug-likeness (QED) is 0.553. The van der Waals surface area contributed by atoms with Gasteiger partial charge in [0.1, 0.15) is 5.52 Å². The van der Waals surface area contributed by atoms with Gasteiger partial charge in [0.2, 0.25) is 10.0 Å². The zero-order chi connectivity index (χ0) is 23.1. The molecule has 1 atom stereocenters. The molecule has 1 saturated heterocycles. The van der Waals surface area contributed by atoms with Crippen molar-refractivity contribution >= 4 is 27.0 Å². The number of carbonyl (C=O) groups excluding carboxylic acids is 1. The Labute approximate surface area is 188 Å². The summed E-state index contributed by atoms with van der Waals surface area (Å²) in [6.07, 6.45) is 5.40. The third-order valence-corrected chi connectivity index (χ3v) is 6.35. The van der Waals surface area contributed by atoms with Crippen molar-refractivity contribution < 1.29 is 13.2 Å². The second-order valence-electron chi connectivity index (χ2n) is 9.55. The Morgan fingerprint density at radius 1 is 1.31 bits per heavy atom. The number of likely N-dealkylation sites (tertiary alicyclic amines) is 1. The van der Waals surface area contributed by atoms with Crippen LogP contribution in [0.1, 0.15) is 43.1 Å². The molecule has 0 saturated carbocycles. The molecule has 3 aromatic rings. The normalized spacial score (nSPS) is 17.8. The third kappa shape index (κ3) is 5.06. The highest BCUT2D eigenvalue weighted by Gasteiger charge is 2.27. The second-order valence-corrected chi connectivity index (χ2v) is 11.3. The first kappa shape index (κ1) is 22.6. The molecule has 1 aromatic carbocycles. The number of benzene rings is 1. The highest BCUT2D eigenvalue weighted by Crippen LogP contribution is 2.27. The number of hydrogen-bond acceptors (Lipinski definition) is 6. The van der Waals surface area contributed by atoms with E-state index in [4.69, 9.17) is 4.98 Å². The van der Waals surface area contributed by atoms with Crippen molar-refractivity contribution in [2.24, 2.45) is 5.41 Å². The van der Waals surface area contributed by atoms with Crippen molar-refractivity contribution in [1.29, 1.82) is 0 Å². The highest BCUT2D eigenvalue weighted by molar-refractivity contribution is 7.88. The Kier molecular flexibility index (Phi) is 5.91. The van der Waals surface area contributed by atoms with Crippen LogP contribution in [-0.2, 0) is 16.6 Å². The minimum atomic E-state index is -3.20. The van der Waals surface area contributed by atoms with Crippen molar-refractivity contribution in [2.75, 3.05) is 19.3 Å². The summed E-state index contributed by atoms with van der Waals surface area (Å²) in [4.78, 5) is 27.3. The summed E-state index contributed by atoms with van der Waals surface area (Å²) in [7, 11) is -3.20. The van der Waals surface area contributed by atoms with Gasteiger partial charge in [-0.1, -0.05) is 39.0 Å². The number of aromatic amines is 1. The average molecular weight is 456 g/mol. The van der Waals surface area contributed by atoms with Crippen LogP contribution in [0.5, 0.6) is 0 Å². The Morgan fingerprint density at radius 3 is 2.81 bits per heavy atom. The van der Waals surface area contributed by atoms with Gasteiger partial charge in [0.25, 0.3) is 0 Å². The molecule has 3 heterocycles. The number of sulfonamides is 1. The van der Waals surface area contributed by atoms with E-state index >= 15 is 0 Å². The van der Waals surface area contributed by atoms with Crippen molar-refractivity contribution in [3.8, 4) is 11.3 Å². The van der Waals surface area contributed by atoms with E-state index < -0.39 is 15.4 Å². The molecule has 1 aliphatic heterocycles. The Morgan fingerprint density at radius 2 is 2.09 bits per heavy atom. The number of H-pyrrole nitrogens is 1. The van der Waals surface area contributed by atoms with E-state index in [1.807, 2.05) is 32.9 Å². The Hall–Kier alpha value is -2.62. The van der Waals surface area contributed by atoms with Crippen LogP contribution in [0.15, 0.2) is 36.7 Å². The first-order chi connectivity index (χ1) is 15.0. The molecule has 0 bridgehead atoms. The molecule has 1 fully saturated rings. The number of aromatic nitrogens is 3. The van der Waals surface area contributed by atoms with Gasteiger partial charge in [-0.25, -0.2) is 23.1 Å².